The summed E-state index contributed by atoms with van der Waals surface area (Å²) < 4.78 is 26.9. The maximum absolute atomic E-state index is 12.1. The Bertz CT molecular complexity index is 479. The predicted octanol–water partition coefficient (Wildman–Crippen LogP) is 1.21. The van der Waals surface area contributed by atoms with E-state index in [1.165, 1.54) is 12.8 Å². The summed E-state index contributed by atoms with van der Waals surface area (Å²) in [5.74, 6) is -0.179. The molecule has 0 amide bonds. The van der Waals surface area contributed by atoms with Crippen LogP contribution >= 0.6 is 0 Å². The molecule has 2 N–H and O–H groups in total. The van der Waals surface area contributed by atoms with Gasteiger partial charge in [-0.05, 0) is 55.8 Å². The molecule has 0 aliphatic heterocycles. The Balaban J connectivity index is 1.51. The Morgan fingerprint density at radius 3 is 2.47 bits per heavy atom. The molecule has 0 unspecified atom stereocenters. The van der Waals surface area contributed by atoms with Crippen LogP contribution in [0, 0.1) is 23.2 Å². The van der Waals surface area contributed by atoms with Crippen LogP contribution in [0.4, 0.5) is 0 Å². The van der Waals surface area contributed by atoms with Crippen LogP contribution in [0.25, 0.3) is 0 Å². The minimum absolute atomic E-state index is 0.00956. The van der Waals surface area contributed by atoms with Crippen molar-refractivity contribution in [1.29, 1.82) is 0 Å². The summed E-state index contributed by atoms with van der Waals surface area (Å²) in [7, 11) is -3.26. The van der Waals surface area contributed by atoms with Crippen molar-refractivity contribution in [2.75, 3.05) is 12.3 Å². The molecular weight excluding hydrogens is 266 g/mol. The van der Waals surface area contributed by atoms with Gasteiger partial charge >= 0.3 is 5.97 Å². The average molecular weight is 287 g/mol. The standard InChI is InChI=1S/C13H21NO4S/c15-12(16)11-5-10(11)7-14-19(17,18)8-13-3-1-9(6-13)2-4-13/h9-11,14H,1-8H2,(H,15,16)/t9?,10-,11-,13?/m1/s1. The van der Waals surface area contributed by atoms with Gasteiger partial charge in [0.2, 0.25) is 10.0 Å². The third-order valence-corrected chi connectivity index (χ3v) is 6.79. The van der Waals surface area contributed by atoms with E-state index in [1.54, 1.807) is 0 Å². The molecule has 0 aromatic carbocycles. The highest BCUT2D eigenvalue weighted by Gasteiger charge is 2.48. The number of fused-ring (bicyclic) bond motifs is 2. The Morgan fingerprint density at radius 1 is 1.32 bits per heavy atom. The van der Waals surface area contributed by atoms with Crippen LogP contribution in [-0.4, -0.2) is 31.8 Å². The van der Waals surface area contributed by atoms with Crippen molar-refractivity contribution < 1.29 is 18.3 Å². The van der Waals surface area contributed by atoms with Gasteiger partial charge < -0.3 is 5.11 Å². The molecule has 3 aliphatic carbocycles. The third kappa shape index (κ3) is 2.79. The lowest BCUT2D eigenvalue weighted by molar-refractivity contribution is -0.138. The predicted molar refractivity (Wildman–Crippen MR) is 70.0 cm³/mol. The van der Waals surface area contributed by atoms with Crippen molar-refractivity contribution in [3.05, 3.63) is 0 Å². The fourth-order valence-corrected chi connectivity index (χ4v) is 5.76. The fourth-order valence-electron chi connectivity index (χ4n) is 3.98. The first-order chi connectivity index (χ1) is 8.89. The summed E-state index contributed by atoms with van der Waals surface area (Å²) >= 11 is 0. The highest BCUT2D eigenvalue weighted by Crippen LogP contribution is 2.54. The number of rotatable bonds is 6. The molecule has 0 saturated heterocycles. The number of hydrogen-bond acceptors (Lipinski definition) is 3. The van der Waals surface area contributed by atoms with E-state index in [9.17, 15) is 13.2 Å². The second kappa shape index (κ2) is 4.45. The molecule has 2 atom stereocenters. The Kier molecular flexibility index (Phi) is 3.13. The molecule has 0 aromatic heterocycles. The highest BCUT2D eigenvalue weighted by molar-refractivity contribution is 7.89. The van der Waals surface area contributed by atoms with Crippen LogP contribution < -0.4 is 4.72 Å². The maximum Gasteiger partial charge on any atom is 0.306 e. The molecular formula is C13H21NO4S. The molecule has 19 heavy (non-hydrogen) atoms. The number of carboxylic acid groups (broad SMARTS) is 1. The van der Waals surface area contributed by atoms with Crippen molar-refractivity contribution in [3.63, 3.8) is 0 Å². The van der Waals surface area contributed by atoms with Gasteiger partial charge in [-0.1, -0.05) is 0 Å². The zero-order valence-corrected chi connectivity index (χ0v) is 11.8. The van der Waals surface area contributed by atoms with E-state index in [-0.39, 0.29) is 23.0 Å². The lowest BCUT2D eigenvalue weighted by atomic mass is 9.87. The Hall–Kier alpha value is -0.620. The summed E-state index contributed by atoms with van der Waals surface area (Å²) in [6.45, 7) is 0.290. The molecule has 0 radical (unpaired) electrons. The summed E-state index contributed by atoms with van der Waals surface area (Å²) in [5, 5.41) is 8.79. The minimum atomic E-state index is -3.26. The van der Waals surface area contributed by atoms with Gasteiger partial charge in [-0.3, -0.25) is 4.79 Å². The maximum atomic E-state index is 12.1. The van der Waals surface area contributed by atoms with Crippen LogP contribution in [0.1, 0.15) is 38.5 Å². The van der Waals surface area contributed by atoms with E-state index >= 15 is 0 Å². The molecule has 0 spiro atoms. The number of sulfonamides is 1. The lowest BCUT2D eigenvalue weighted by Crippen LogP contribution is -2.36. The molecule has 0 heterocycles. The molecule has 0 aromatic rings. The van der Waals surface area contributed by atoms with Crippen LogP contribution in [0.3, 0.4) is 0 Å². The molecule has 6 heteroatoms. The first-order valence-electron chi connectivity index (χ1n) is 7.09. The normalized spacial score (nSPS) is 40.5. The average Bonchev–Trinajstić information content (AvgIpc) is 2.88. The smallest absolute Gasteiger partial charge is 0.306 e. The Labute approximate surface area is 113 Å². The molecule has 3 rings (SSSR count). The van der Waals surface area contributed by atoms with Gasteiger partial charge in [-0.2, -0.15) is 0 Å². The molecule has 108 valence electrons. The Morgan fingerprint density at radius 2 is 2.00 bits per heavy atom. The van der Waals surface area contributed by atoms with Crippen molar-refractivity contribution >= 4 is 16.0 Å². The number of carbonyl (C=O) groups is 1. The van der Waals surface area contributed by atoms with E-state index in [2.05, 4.69) is 4.72 Å². The molecule has 5 nitrogen and oxygen atoms in total. The van der Waals surface area contributed by atoms with Gasteiger partial charge in [0.15, 0.2) is 0 Å². The molecule has 3 saturated carbocycles. The van der Waals surface area contributed by atoms with E-state index in [4.69, 9.17) is 5.11 Å². The van der Waals surface area contributed by atoms with E-state index in [1.807, 2.05) is 0 Å². The first kappa shape index (κ1) is 13.4. The van der Waals surface area contributed by atoms with Gasteiger partial charge in [-0.25, -0.2) is 13.1 Å². The first-order valence-corrected chi connectivity index (χ1v) is 8.75. The van der Waals surface area contributed by atoms with Crippen LogP contribution in [0.15, 0.2) is 0 Å². The number of hydrogen-bond donors (Lipinski definition) is 2. The van der Waals surface area contributed by atoms with Crippen LogP contribution in [-0.2, 0) is 14.8 Å². The number of nitrogens with one attached hydrogen (secondary N) is 1. The van der Waals surface area contributed by atoms with Gasteiger partial charge in [0.05, 0.1) is 11.7 Å². The van der Waals surface area contributed by atoms with E-state index in [0.717, 1.165) is 25.2 Å². The van der Waals surface area contributed by atoms with E-state index < -0.39 is 16.0 Å². The van der Waals surface area contributed by atoms with Gasteiger partial charge in [-0.15, -0.1) is 0 Å². The van der Waals surface area contributed by atoms with Gasteiger partial charge in [0, 0.05) is 6.54 Å². The second-order valence-electron chi connectivity index (χ2n) is 6.70. The topological polar surface area (TPSA) is 83.5 Å². The number of aliphatic carboxylic acids is 1. The van der Waals surface area contributed by atoms with Gasteiger partial charge in [0.25, 0.3) is 0 Å². The second-order valence-corrected chi connectivity index (χ2v) is 8.50. The zero-order chi connectivity index (χ0) is 13.7. The summed E-state index contributed by atoms with van der Waals surface area (Å²) in [6.07, 6.45) is 6.11. The summed E-state index contributed by atoms with van der Waals surface area (Å²) in [4.78, 5) is 10.7. The van der Waals surface area contributed by atoms with Gasteiger partial charge in [0.1, 0.15) is 0 Å². The SMILES string of the molecule is O=C(O)[C@@H]1C[C@@H]1CNS(=O)(=O)CC12CCC(CC1)C2. The minimum Gasteiger partial charge on any atom is -0.481 e. The number of carboxylic acids is 1. The monoisotopic (exact) mass is 287 g/mol. The van der Waals surface area contributed by atoms with Crippen molar-refractivity contribution in [1.82, 2.24) is 4.72 Å². The highest BCUT2D eigenvalue weighted by atomic mass is 32.2. The summed E-state index contributed by atoms with van der Waals surface area (Å²) in [6, 6.07) is 0. The molecule has 3 fully saturated rings. The molecule has 3 aliphatic rings. The van der Waals surface area contributed by atoms with Crippen molar-refractivity contribution in [3.8, 4) is 0 Å². The van der Waals surface area contributed by atoms with Crippen molar-refractivity contribution in [2.24, 2.45) is 23.2 Å². The zero-order valence-electron chi connectivity index (χ0n) is 11.0. The van der Waals surface area contributed by atoms with Crippen LogP contribution in [0.2, 0.25) is 0 Å². The summed E-state index contributed by atoms with van der Waals surface area (Å²) in [5.41, 5.74) is 0.0201. The largest absolute Gasteiger partial charge is 0.481 e. The fraction of sp³-hybridized carbons (Fsp3) is 0.923. The lowest BCUT2D eigenvalue weighted by Gasteiger charge is -2.26. The van der Waals surface area contributed by atoms with Crippen molar-refractivity contribution in [2.45, 2.75) is 38.5 Å². The quantitative estimate of drug-likeness (QED) is 0.769. The van der Waals surface area contributed by atoms with E-state index in [0.29, 0.717) is 13.0 Å². The van der Waals surface area contributed by atoms with Crippen LogP contribution in [0.5, 0.6) is 0 Å². The molecule has 2 bridgehead atoms. The third-order valence-electron chi connectivity index (χ3n) is 5.19.